The number of carbonyl (C=O) groups is 1. The number of esters is 1. The van der Waals surface area contributed by atoms with Gasteiger partial charge in [0.05, 0.1) is 12.0 Å². The maximum atomic E-state index is 11.6. The van der Waals surface area contributed by atoms with Crippen LogP contribution in [0.15, 0.2) is 35.7 Å². The Kier molecular flexibility index (Phi) is 4.31. The van der Waals surface area contributed by atoms with Crippen LogP contribution >= 0.6 is 11.3 Å². The number of nitro benzene ring substituents is 1. The molecule has 6 nitrogen and oxygen atoms in total. The first-order valence-corrected chi connectivity index (χ1v) is 6.63. The molecule has 1 N–H and O–H groups in total. The molecule has 0 aliphatic rings. The van der Waals surface area contributed by atoms with Crippen LogP contribution in [0.4, 0.5) is 11.4 Å². The number of thiophene rings is 1. The van der Waals surface area contributed by atoms with Gasteiger partial charge in [-0.2, -0.15) is 0 Å². The number of anilines is 1. The zero-order valence-corrected chi connectivity index (χ0v) is 11.5. The fourth-order valence-electron chi connectivity index (χ4n) is 1.68. The molecule has 2 rings (SSSR count). The molecule has 1 aromatic heterocycles. The number of nitrogens with zero attached hydrogens (tertiary/aromatic N) is 1. The fourth-order valence-corrected chi connectivity index (χ4v) is 2.33. The third-order valence-corrected chi connectivity index (χ3v) is 3.52. The predicted octanol–water partition coefficient (Wildman–Crippen LogP) is 3.06. The summed E-state index contributed by atoms with van der Waals surface area (Å²) in [7, 11) is 1.19. The number of hydrogen-bond acceptors (Lipinski definition) is 6. The number of nitrogens with one attached hydrogen (secondary N) is 1. The summed E-state index contributed by atoms with van der Waals surface area (Å²) in [6.07, 6.45) is 0. The van der Waals surface area contributed by atoms with E-state index >= 15 is 0 Å². The number of hydrogen-bond donors (Lipinski definition) is 1. The lowest BCUT2D eigenvalue weighted by Crippen LogP contribution is -2.07. The first-order chi connectivity index (χ1) is 9.61. The molecule has 2 aromatic rings. The Morgan fingerprint density at radius 1 is 1.45 bits per heavy atom. The Bertz CT molecular complexity index is 625. The third-order valence-electron chi connectivity index (χ3n) is 2.65. The van der Waals surface area contributed by atoms with Crippen molar-refractivity contribution in [2.75, 3.05) is 12.4 Å². The van der Waals surface area contributed by atoms with Crippen LogP contribution in [0.3, 0.4) is 0 Å². The van der Waals surface area contributed by atoms with Gasteiger partial charge < -0.3 is 10.1 Å². The van der Waals surface area contributed by atoms with Crippen LogP contribution in [-0.4, -0.2) is 18.0 Å². The highest BCUT2D eigenvalue weighted by Gasteiger charge is 2.21. The highest BCUT2D eigenvalue weighted by molar-refractivity contribution is 7.09. The summed E-state index contributed by atoms with van der Waals surface area (Å²) < 4.78 is 4.56. The Morgan fingerprint density at radius 3 is 2.85 bits per heavy atom. The lowest BCUT2D eigenvalue weighted by molar-refractivity contribution is -0.385. The van der Waals surface area contributed by atoms with E-state index < -0.39 is 10.9 Å². The molecule has 104 valence electrons. The maximum absolute atomic E-state index is 11.6. The van der Waals surface area contributed by atoms with Crippen molar-refractivity contribution < 1.29 is 14.5 Å². The van der Waals surface area contributed by atoms with Gasteiger partial charge in [0.15, 0.2) is 0 Å². The molecule has 0 spiro atoms. The molecule has 0 saturated heterocycles. The van der Waals surface area contributed by atoms with Crippen molar-refractivity contribution in [3.8, 4) is 0 Å². The zero-order chi connectivity index (χ0) is 14.5. The van der Waals surface area contributed by atoms with Crippen LogP contribution in [0.2, 0.25) is 0 Å². The Labute approximate surface area is 119 Å². The third kappa shape index (κ3) is 3.12. The van der Waals surface area contributed by atoms with Crippen molar-refractivity contribution in [3.63, 3.8) is 0 Å². The van der Waals surface area contributed by atoms with E-state index in [-0.39, 0.29) is 11.3 Å². The van der Waals surface area contributed by atoms with E-state index in [0.717, 1.165) is 4.88 Å². The average Bonchev–Trinajstić information content (AvgIpc) is 2.97. The second kappa shape index (κ2) is 6.16. The monoisotopic (exact) mass is 292 g/mol. The summed E-state index contributed by atoms with van der Waals surface area (Å²) in [4.78, 5) is 23.0. The molecule has 0 radical (unpaired) electrons. The van der Waals surface area contributed by atoms with Crippen molar-refractivity contribution in [3.05, 3.63) is 56.3 Å². The number of nitro groups is 1. The first-order valence-electron chi connectivity index (χ1n) is 5.75. The van der Waals surface area contributed by atoms with Gasteiger partial charge in [-0.25, -0.2) is 4.79 Å². The average molecular weight is 292 g/mol. The van der Waals surface area contributed by atoms with Crippen molar-refractivity contribution >= 4 is 28.7 Å². The highest BCUT2D eigenvalue weighted by atomic mass is 32.1. The van der Waals surface area contributed by atoms with Crippen LogP contribution in [-0.2, 0) is 11.3 Å². The van der Waals surface area contributed by atoms with E-state index in [4.69, 9.17) is 0 Å². The standard InChI is InChI=1S/C13H12N2O4S/c1-19-13(16)11-7-9(4-5-12(11)15(17)18)14-8-10-3-2-6-20-10/h2-7,14H,8H2,1H3. The van der Waals surface area contributed by atoms with Gasteiger partial charge in [0.2, 0.25) is 0 Å². The lowest BCUT2D eigenvalue weighted by Gasteiger charge is -2.07. The van der Waals surface area contributed by atoms with E-state index in [0.29, 0.717) is 12.2 Å². The lowest BCUT2D eigenvalue weighted by atomic mass is 10.1. The molecule has 1 aromatic carbocycles. The van der Waals surface area contributed by atoms with E-state index in [1.807, 2.05) is 17.5 Å². The van der Waals surface area contributed by atoms with Crippen molar-refractivity contribution in [2.45, 2.75) is 6.54 Å². The van der Waals surface area contributed by atoms with Crippen LogP contribution in [0, 0.1) is 10.1 Å². The molecule has 0 unspecified atom stereocenters. The van der Waals surface area contributed by atoms with Gasteiger partial charge in [0, 0.05) is 23.2 Å². The van der Waals surface area contributed by atoms with Gasteiger partial charge in [0.25, 0.3) is 5.69 Å². The molecule has 0 saturated carbocycles. The summed E-state index contributed by atoms with van der Waals surface area (Å²) >= 11 is 1.60. The van der Waals surface area contributed by atoms with Crippen LogP contribution in [0.1, 0.15) is 15.2 Å². The second-order valence-electron chi connectivity index (χ2n) is 3.91. The van der Waals surface area contributed by atoms with Gasteiger partial charge in [0.1, 0.15) is 5.56 Å². The first kappa shape index (κ1) is 14.0. The van der Waals surface area contributed by atoms with E-state index in [1.54, 1.807) is 17.4 Å². The minimum atomic E-state index is -0.725. The normalized spacial score (nSPS) is 10.1. The number of methoxy groups -OCH3 is 1. The fraction of sp³-hybridized carbons (Fsp3) is 0.154. The van der Waals surface area contributed by atoms with Gasteiger partial charge in [-0.1, -0.05) is 6.07 Å². The summed E-state index contributed by atoms with van der Waals surface area (Å²) in [6.45, 7) is 0.593. The van der Waals surface area contributed by atoms with E-state index in [1.165, 1.54) is 19.2 Å². The summed E-state index contributed by atoms with van der Waals surface area (Å²) in [5, 5.41) is 16.0. The van der Waals surface area contributed by atoms with Gasteiger partial charge in [-0.15, -0.1) is 11.3 Å². The van der Waals surface area contributed by atoms with Crippen molar-refractivity contribution in [1.82, 2.24) is 0 Å². The molecule has 20 heavy (non-hydrogen) atoms. The van der Waals surface area contributed by atoms with Crippen LogP contribution in [0.5, 0.6) is 0 Å². The molecule has 0 amide bonds. The zero-order valence-electron chi connectivity index (χ0n) is 10.7. The van der Waals surface area contributed by atoms with Gasteiger partial charge in [-0.05, 0) is 23.6 Å². The minimum absolute atomic E-state index is 0.0614. The number of ether oxygens (including phenoxy) is 1. The van der Waals surface area contributed by atoms with Gasteiger partial charge >= 0.3 is 5.97 Å². The Hall–Kier alpha value is -2.41. The summed E-state index contributed by atoms with van der Waals surface area (Å²) in [5.74, 6) is -0.725. The quantitative estimate of drug-likeness (QED) is 0.520. The Morgan fingerprint density at radius 2 is 2.25 bits per heavy atom. The summed E-state index contributed by atoms with van der Waals surface area (Å²) in [5.41, 5.74) is 0.302. The van der Waals surface area contributed by atoms with Crippen LogP contribution in [0.25, 0.3) is 0 Å². The van der Waals surface area contributed by atoms with E-state index in [2.05, 4.69) is 10.1 Å². The molecule has 0 bridgehead atoms. The number of benzene rings is 1. The molecule has 0 atom stereocenters. The number of rotatable bonds is 5. The smallest absolute Gasteiger partial charge is 0.344 e. The van der Waals surface area contributed by atoms with Crippen molar-refractivity contribution in [2.24, 2.45) is 0 Å². The molecular formula is C13H12N2O4S. The molecule has 0 aliphatic carbocycles. The minimum Gasteiger partial charge on any atom is -0.465 e. The highest BCUT2D eigenvalue weighted by Crippen LogP contribution is 2.24. The Balaban J connectivity index is 2.22. The topological polar surface area (TPSA) is 81.5 Å². The van der Waals surface area contributed by atoms with E-state index in [9.17, 15) is 14.9 Å². The van der Waals surface area contributed by atoms with Crippen molar-refractivity contribution in [1.29, 1.82) is 0 Å². The molecule has 0 aliphatic heterocycles. The van der Waals surface area contributed by atoms with Crippen LogP contribution < -0.4 is 5.32 Å². The molecule has 7 heteroatoms. The predicted molar refractivity (Wildman–Crippen MR) is 76.1 cm³/mol. The molecule has 1 heterocycles. The largest absolute Gasteiger partial charge is 0.465 e. The second-order valence-corrected chi connectivity index (χ2v) is 4.95. The number of carbonyl (C=O) groups excluding carboxylic acids is 1. The molecular weight excluding hydrogens is 280 g/mol. The molecule has 0 fully saturated rings. The summed E-state index contributed by atoms with van der Waals surface area (Å²) in [6, 6.07) is 8.21. The maximum Gasteiger partial charge on any atom is 0.344 e. The SMILES string of the molecule is COC(=O)c1cc(NCc2cccs2)ccc1[N+](=O)[O-]. The van der Waals surface area contributed by atoms with Gasteiger partial charge in [-0.3, -0.25) is 10.1 Å².